The van der Waals surface area contributed by atoms with Crippen molar-refractivity contribution in [2.24, 2.45) is 0 Å². The van der Waals surface area contributed by atoms with Crippen molar-refractivity contribution in [1.82, 2.24) is 5.32 Å². The summed E-state index contributed by atoms with van der Waals surface area (Å²) < 4.78 is 10.5. The number of carbonyl (C=O) groups is 1. The number of hydrogen-bond donors (Lipinski definition) is 2. The molecule has 1 heterocycles. The SMILES string of the molecule is COCCC(Cc1ccco1)NCc1cccc(C(=O)O)c1. The third-order valence-corrected chi connectivity index (χ3v) is 3.47. The second kappa shape index (κ2) is 8.36. The van der Waals surface area contributed by atoms with Crippen molar-refractivity contribution in [1.29, 1.82) is 0 Å². The van der Waals surface area contributed by atoms with Crippen molar-refractivity contribution in [2.75, 3.05) is 13.7 Å². The summed E-state index contributed by atoms with van der Waals surface area (Å²) >= 11 is 0. The first-order chi connectivity index (χ1) is 10.7. The van der Waals surface area contributed by atoms with Crippen molar-refractivity contribution < 1.29 is 19.1 Å². The fourth-order valence-corrected chi connectivity index (χ4v) is 2.28. The molecular formula is C17H21NO4. The molecule has 0 saturated heterocycles. The van der Waals surface area contributed by atoms with Crippen LogP contribution in [0.1, 0.15) is 28.1 Å². The Morgan fingerprint density at radius 2 is 2.23 bits per heavy atom. The lowest BCUT2D eigenvalue weighted by atomic mass is 10.1. The van der Waals surface area contributed by atoms with Crippen LogP contribution >= 0.6 is 0 Å². The maximum absolute atomic E-state index is 11.0. The first kappa shape index (κ1) is 16.3. The number of aromatic carboxylic acids is 1. The number of carboxylic acid groups (broad SMARTS) is 1. The Morgan fingerprint density at radius 1 is 1.36 bits per heavy atom. The van der Waals surface area contributed by atoms with E-state index in [-0.39, 0.29) is 6.04 Å². The second-order valence-corrected chi connectivity index (χ2v) is 5.15. The van der Waals surface area contributed by atoms with Crippen LogP contribution < -0.4 is 5.32 Å². The second-order valence-electron chi connectivity index (χ2n) is 5.15. The van der Waals surface area contributed by atoms with Gasteiger partial charge in [0.25, 0.3) is 0 Å². The summed E-state index contributed by atoms with van der Waals surface area (Å²) in [7, 11) is 1.68. The lowest BCUT2D eigenvalue weighted by Crippen LogP contribution is -2.31. The van der Waals surface area contributed by atoms with Crippen molar-refractivity contribution in [3.05, 3.63) is 59.5 Å². The molecule has 0 saturated carbocycles. The normalized spacial score (nSPS) is 12.2. The van der Waals surface area contributed by atoms with Gasteiger partial charge in [-0.25, -0.2) is 4.79 Å². The van der Waals surface area contributed by atoms with Crippen LogP contribution in [0.3, 0.4) is 0 Å². The number of methoxy groups -OCH3 is 1. The molecule has 0 radical (unpaired) electrons. The molecule has 0 aliphatic rings. The Morgan fingerprint density at radius 3 is 2.91 bits per heavy atom. The van der Waals surface area contributed by atoms with Crippen LogP contribution in [-0.2, 0) is 17.7 Å². The molecule has 1 unspecified atom stereocenters. The zero-order valence-corrected chi connectivity index (χ0v) is 12.6. The zero-order chi connectivity index (χ0) is 15.8. The van der Waals surface area contributed by atoms with E-state index >= 15 is 0 Å². The molecule has 5 heteroatoms. The van der Waals surface area contributed by atoms with Crippen LogP contribution in [0.25, 0.3) is 0 Å². The molecule has 0 amide bonds. The van der Waals surface area contributed by atoms with Gasteiger partial charge in [-0.3, -0.25) is 0 Å². The van der Waals surface area contributed by atoms with Crippen molar-refractivity contribution in [3.8, 4) is 0 Å². The molecule has 0 bridgehead atoms. The zero-order valence-electron chi connectivity index (χ0n) is 12.6. The number of ether oxygens (including phenoxy) is 1. The Bertz CT molecular complexity index is 580. The van der Waals surface area contributed by atoms with Gasteiger partial charge in [-0.15, -0.1) is 0 Å². The minimum absolute atomic E-state index is 0.208. The van der Waals surface area contributed by atoms with Crippen LogP contribution in [0.5, 0.6) is 0 Å². The minimum atomic E-state index is -0.909. The average Bonchev–Trinajstić information content (AvgIpc) is 3.03. The van der Waals surface area contributed by atoms with Gasteiger partial charge in [0.2, 0.25) is 0 Å². The van der Waals surface area contributed by atoms with Crippen LogP contribution in [-0.4, -0.2) is 30.8 Å². The lowest BCUT2D eigenvalue weighted by Gasteiger charge is -2.17. The maximum atomic E-state index is 11.0. The van der Waals surface area contributed by atoms with Crippen LogP contribution in [0.2, 0.25) is 0 Å². The Balaban J connectivity index is 1.94. The Hall–Kier alpha value is -2.11. The molecule has 1 aromatic heterocycles. The van der Waals surface area contributed by atoms with Crippen LogP contribution in [0.15, 0.2) is 47.1 Å². The Kier molecular flexibility index (Phi) is 6.18. The molecular weight excluding hydrogens is 282 g/mol. The van der Waals surface area contributed by atoms with Gasteiger partial charge < -0.3 is 19.6 Å². The summed E-state index contributed by atoms with van der Waals surface area (Å²) in [6.07, 6.45) is 3.30. The van der Waals surface area contributed by atoms with E-state index < -0.39 is 5.97 Å². The van der Waals surface area contributed by atoms with Crippen molar-refractivity contribution in [3.63, 3.8) is 0 Å². The molecule has 2 aromatic rings. The highest BCUT2D eigenvalue weighted by molar-refractivity contribution is 5.87. The third kappa shape index (κ3) is 5.02. The summed E-state index contributed by atoms with van der Waals surface area (Å²) in [5, 5.41) is 12.5. The van der Waals surface area contributed by atoms with E-state index in [1.165, 1.54) is 0 Å². The molecule has 2 rings (SSSR count). The Labute approximate surface area is 129 Å². The topological polar surface area (TPSA) is 71.7 Å². The summed E-state index contributed by atoms with van der Waals surface area (Å²) in [5.41, 5.74) is 1.25. The van der Waals surface area contributed by atoms with Gasteiger partial charge in [-0.05, 0) is 36.2 Å². The van der Waals surface area contributed by atoms with Crippen LogP contribution in [0.4, 0.5) is 0 Å². The molecule has 118 valence electrons. The fraction of sp³-hybridized carbons (Fsp3) is 0.353. The van der Waals surface area contributed by atoms with Crippen molar-refractivity contribution in [2.45, 2.75) is 25.4 Å². The number of furan rings is 1. The maximum Gasteiger partial charge on any atom is 0.335 e. The number of benzene rings is 1. The van der Waals surface area contributed by atoms with Gasteiger partial charge in [0.1, 0.15) is 5.76 Å². The highest BCUT2D eigenvalue weighted by Gasteiger charge is 2.11. The number of hydrogen-bond acceptors (Lipinski definition) is 4. The summed E-state index contributed by atoms with van der Waals surface area (Å²) in [4.78, 5) is 11.0. The van der Waals surface area contributed by atoms with E-state index in [0.717, 1.165) is 24.2 Å². The van der Waals surface area contributed by atoms with E-state index in [1.807, 2.05) is 18.2 Å². The minimum Gasteiger partial charge on any atom is -0.478 e. The molecule has 1 aromatic carbocycles. The smallest absolute Gasteiger partial charge is 0.335 e. The molecule has 0 aliphatic heterocycles. The van der Waals surface area contributed by atoms with Crippen molar-refractivity contribution >= 4 is 5.97 Å². The molecule has 0 aliphatic carbocycles. The molecule has 0 spiro atoms. The number of rotatable bonds is 9. The highest BCUT2D eigenvalue weighted by Crippen LogP contribution is 2.10. The molecule has 0 fully saturated rings. The predicted molar refractivity (Wildman–Crippen MR) is 82.9 cm³/mol. The van der Waals surface area contributed by atoms with Gasteiger partial charge >= 0.3 is 5.97 Å². The third-order valence-electron chi connectivity index (χ3n) is 3.47. The van der Waals surface area contributed by atoms with E-state index in [0.29, 0.717) is 18.7 Å². The van der Waals surface area contributed by atoms with E-state index in [9.17, 15) is 4.79 Å². The van der Waals surface area contributed by atoms with Gasteiger partial charge in [-0.1, -0.05) is 12.1 Å². The summed E-state index contributed by atoms with van der Waals surface area (Å²) in [5.74, 6) is 0.0151. The first-order valence-electron chi connectivity index (χ1n) is 7.26. The summed E-state index contributed by atoms with van der Waals surface area (Å²) in [6, 6.07) is 11.0. The van der Waals surface area contributed by atoms with Gasteiger partial charge in [0, 0.05) is 32.7 Å². The number of nitrogens with one attached hydrogen (secondary N) is 1. The van der Waals surface area contributed by atoms with Gasteiger partial charge in [-0.2, -0.15) is 0 Å². The largest absolute Gasteiger partial charge is 0.478 e. The number of carboxylic acids is 1. The van der Waals surface area contributed by atoms with E-state index in [2.05, 4.69) is 5.32 Å². The van der Waals surface area contributed by atoms with Gasteiger partial charge in [0.15, 0.2) is 0 Å². The monoisotopic (exact) mass is 303 g/mol. The molecule has 2 N–H and O–H groups in total. The highest BCUT2D eigenvalue weighted by atomic mass is 16.5. The molecule has 1 atom stereocenters. The predicted octanol–water partition coefficient (Wildman–Crippen LogP) is 2.72. The van der Waals surface area contributed by atoms with Gasteiger partial charge in [0.05, 0.1) is 11.8 Å². The van der Waals surface area contributed by atoms with Crippen LogP contribution in [0, 0.1) is 0 Å². The average molecular weight is 303 g/mol. The summed E-state index contributed by atoms with van der Waals surface area (Å²) in [6.45, 7) is 1.27. The first-order valence-corrected chi connectivity index (χ1v) is 7.26. The lowest BCUT2D eigenvalue weighted by molar-refractivity contribution is 0.0696. The quantitative estimate of drug-likeness (QED) is 0.745. The fourth-order valence-electron chi connectivity index (χ4n) is 2.28. The van der Waals surface area contributed by atoms with E-state index in [1.54, 1.807) is 31.6 Å². The molecule has 22 heavy (non-hydrogen) atoms. The molecule has 5 nitrogen and oxygen atoms in total. The van der Waals surface area contributed by atoms with E-state index in [4.69, 9.17) is 14.3 Å². The standard InChI is InChI=1S/C17H21NO4/c1-21-9-7-15(11-16-6-3-8-22-16)18-12-13-4-2-5-14(10-13)17(19)20/h2-6,8,10,15,18H,7,9,11-12H2,1H3,(H,19,20).